The van der Waals surface area contributed by atoms with E-state index in [-0.39, 0.29) is 11.8 Å². The molecule has 2 atom stereocenters. The molecule has 1 saturated heterocycles. The summed E-state index contributed by atoms with van der Waals surface area (Å²) in [6.07, 6.45) is 0.821. The molecule has 0 bridgehead atoms. The van der Waals surface area contributed by atoms with E-state index in [1.165, 1.54) is 0 Å². The second kappa shape index (κ2) is 5.51. The monoisotopic (exact) mass is 261 g/mol. The molecule has 1 amide bonds. The molecular formula is C10H16BrNO2. The lowest BCUT2D eigenvalue weighted by Gasteiger charge is -2.27. The smallest absolute Gasteiger partial charge is 0.223 e. The topological polar surface area (TPSA) is 38.3 Å². The van der Waals surface area contributed by atoms with E-state index in [0.717, 1.165) is 10.9 Å². The van der Waals surface area contributed by atoms with Crippen LogP contribution in [0.1, 0.15) is 13.3 Å². The zero-order chi connectivity index (χ0) is 10.6. The van der Waals surface area contributed by atoms with E-state index >= 15 is 0 Å². The summed E-state index contributed by atoms with van der Waals surface area (Å²) in [4.78, 5) is 11.7. The van der Waals surface area contributed by atoms with Crippen LogP contribution in [0.15, 0.2) is 11.1 Å². The molecule has 0 aromatic rings. The molecule has 1 aliphatic rings. The van der Waals surface area contributed by atoms with Gasteiger partial charge < -0.3 is 10.1 Å². The summed E-state index contributed by atoms with van der Waals surface area (Å²) in [6.45, 7) is 7.60. The van der Waals surface area contributed by atoms with Gasteiger partial charge in [-0.05, 0) is 12.3 Å². The van der Waals surface area contributed by atoms with Crippen LogP contribution in [0.25, 0.3) is 0 Å². The molecule has 1 rings (SSSR count). The maximum absolute atomic E-state index is 11.7. The number of hydrogen-bond donors (Lipinski definition) is 1. The van der Waals surface area contributed by atoms with Crippen molar-refractivity contribution in [1.29, 1.82) is 0 Å². The first-order chi connectivity index (χ1) is 6.61. The van der Waals surface area contributed by atoms with Gasteiger partial charge in [-0.15, -0.1) is 0 Å². The van der Waals surface area contributed by atoms with Crippen LogP contribution in [0.4, 0.5) is 0 Å². The highest BCUT2D eigenvalue weighted by atomic mass is 79.9. The number of ether oxygens (including phenoxy) is 1. The zero-order valence-corrected chi connectivity index (χ0v) is 9.97. The minimum absolute atomic E-state index is 0.0931. The first-order valence-corrected chi connectivity index (χ1v) is 5.59. The largest absolute Gasteiger partial charge is 0.381 e. The fourth-order valence-corrected chi connectivity index (χ4v) is 1.72. The Labute approximate surface area is 93.0 Å². The Kier molecular flexibility index (Phi) is 4.62. The van der Waals surface area contributed by atoms with Gasteiger partial charge in [-0.25, -0.2) is 0 Å². The quantitative estimate of drug-likeness (QED) is 0.840. The van der Waals surface area contributed by atoms with Gasteiger partial charge in [0.2, 0.25) is 5.91 Å². The predicted molar refractivity (Wildman–Crippen MR) is 59.2 cm³/mol. The second-order valence-corrected chi connectivity index (χ2v) is 4.80. The minimum Gasteiger partial charge on any atom is -0.381 e. The van der Waals surface area contributed by atoms with Crippen molar-refractivity contribution in [2.45, 2.75) is 13.3 Å². The molecule has 14 heavy (non-hydrogen) atoms. The van der Waals surface area contributed by atoms with Crippen LogP contribution in [0.3, 0.4) is 0 Å². The van der Waals surface area contributed by atoms with E-state index in [0.29, 0.717) is 25.7 Å². The fraction of sp³-hybridized carbons (Fsp3) is 0.700. The molecule has 1 fully saturated rings. The highest BCUT2D eigenvalue weighted by Crippen LogP contribution is 2.21. The lowest BCUT2D eigenvalue weighted by molar-refractivity contribution is -0.130. The van der Waals surface area contributed by atoms with Gasteiger partial charge >= 0.3 is 0 Å². The van der Waals surface area contributed by atoms with Crippen LogP contribution in [0.5, 0.6) is 0 Å². The van der Waals surface area contributed by atoms with Gasteiger partial charge in [-0.3, -0.25) is 4.79 Å². The third-order valence-electron chi connectivity index (χ3n) is 2.43. The number of halogens is 1. The van der Waals surface area contributed by atoms with Gasteiger partial charge in [0.15, 0.2) is 0 Å². The average Bonchev–Trinajstić information content (AvgIpc) is 2.15. The summed E-state index contributed by atoms with van der Waals surface area (Å²) in [5, 5.41) is 2.84. The number of hydrogen-bond acceptors (Lipinski definition) is 2. The Bertz CT molecular complexity index is 230. The lowest BCUT2D eigenvalue weighted by Crippen LogP contribution is -2.39. The normalized spacial score (nSPS) is 27.0. The molecule has 0 aromatic heterocycles. The first kappa shape index (κ1) is 11.7. The van der Waals surface area contributed by atoms with Gasteiger partial charge in [0, 0.05) is 30.2 Å². The Morgan fingerprint density at radius 2 is 2.43 bits per heavy atom. The molecule has 0 aromatic carbocycles. The van der Waals surface area contributed by atoms with Crippen LogP contribution >= 0.6 is 15.9 Å². The molecule has 0 saturated carbocycles. The Balaban J connectivity index is 2.38. The predicted octanol–water partition coefficient (Wildman–Crippen LogP) is 1.68. The van der Waals surface area contributed by atoms with Crippen molar-refractivity contribution in [2.24, 2.45) is 11.8 Å². The number of carbonyl (C=O) groups excluding carboxylic acids is 1. The van der Waals surface area contributed by atoms with Gasteiger partial charge in [0.25, 0.3) is 0 Å². The summed E-state index contributed by atoms with van der Waals surface area (Å²) in [5.74, 6) is 0.518. The molecular weight excluding hydrogens is 246 g/mol. The molecule has 1 aliphatic heterocycles. The van der Waals surface area contributed by atoms with Crippen molar-refractivity contribution in [2.75, 3.05) is 19.8 Å². The summed E-state index contributed by atoms with van der Waals surface area (Å²) in [5.41, 5.74) is 0. The standard InChI is InChI=1S/C10H16BrNO2/c1-7-6-14-4-3-9(7)10(13)12-5-8(2)11/h7,9H,2-6H2,1H3,(H,12,13). The van der Waals surface area contributed by atoms with Crippen molar-refractivity contribution in [3.05, 3.63) is 11.1 Å². The fourth-order valence-electron chi connectivity index (χ4n) is 1.58. The SMILES string of the molecule is C=C(Br)CNC(=O)C1CCOCC1C. The summed E-state index contributed by atoms with van der Waals surface area (Å²) >= 11 is 3.21. The van der Waals surface area contributed by atoms with Crippen LogP contribution in [-0.4, -0.2) is 25.7 Å². The van der Waals surface area contributed by atoms with Crippen LogP contribution in [-0.2, 0) is 9.53 Å². The number of amides is 1. The van der Waals surface area contributed by atoms with Crippen molar-refractivity contribution < 1.29 is 9.53 Å². The molecule has 0 spiro atoms. The number of carbonyl (C=O) groups is 1. The van der Waals surface area contributed by atoms with Gasteiger partial charge in [0.1, 0.15) is 0 Å². The number of nitrogens with one attached hydrogen (secondary N) is 1. The Morgan fingerprint density at radius 1 is 1.71 bits per heavy atom. The average molecular weight is 262 g/mol. The van der Waals surface area contributed by atoms with Crippen molar-refractivity contribution in [1.82, 2.24) is 5.32 Å². The molecule has 2 unspecified atom stereocenters. The minimum atomic E-state index is 0.0931. The molecule has 3 nitrogen and oxygen atoms in total. The Hall–Kier alpha value is -0.350. The molecule has 1 N–H and O–H groups in total. The van der Waals surface area contributed by atoms with E-state index in [2.05, 4.69) is 27.8 Å². The van der Waals surface area contributed by atoms with Crippen molar-refractivity contribution in [3.8, 4) is 0 Å². The van der Waals surface area contributed by atoms with Gasteiger partial charge in [0.05, 0.1) is 0 Å². The number of rotatable bonds is 3. The molecule has 1 heterocycles. The van der Waals surface area contributed by atoms with Crippen LogP contribution < -0.4 is 5.32 Å². The summed E-state index contributed by atoms with van der Waals surface area (Å²) in [7, 11) is 0. The Morgan fingerprint density at radius 3 is 3.00 bits per heavy atom. The highest BCUT2D eigenvalue weighted by Gasteiger charge is 2.27. The third-order valence-corrected chi connectivity index (χ3v) is 2.71. The van der Waals surface area contributed by atoms with Crippen LogP contribution in [0.2, 0.25) is 0 Å². The molecule has 0 radical (unpaired) electrons. The lowest BCUT2D eigenvalue weighted by atomic mass is 9.89. The second-order valence-electron chi connectivity index (χ2n) is 3.68. The molecule has 80 valence electrons. The first-order valence-electron chi connectivity index (χ1n) is 4.80. The van der Waals surface area contributed by atoms with E-state index < -0.39 is 0 Å². The summed E-state index contributed by atoms with van der Waals surface area (Å²) in [6, 6.07) is 0. The zero-order valence-electron chi connectivity index (χ0n) is 8.38. The highest BCUT2D eigenvalue weighted by molar-refractivity contribution is 9.11. The van der Waals surface area contributed by atoms with Gasteiger partial charge in [-0.1, -0.05) is 29.4 Å². The van der Waals surface area contributed by atoms with E-state index in [9.17, 15) is 4.79 Å². The van der Waals surface area contributed by atoms with Crippen molar-refractivity contribution in [3.63, 3.8) is 0 Å². The van der Waals surface area contributed by atoms with Gasteiger partial charge in [-0.2, -0.15) is 0 Å². The molecule has 4 heteroatoms. The molecule has 0 aliphatic carbocycles. The van der Waals surface area contributed by atoms with E-state index in [4.69, 9.17) is 4.74 Å². The van der Waals surface area contributed by atoms with E-state index in [1.54, 1.807) is 0 Å². The summed E-state index contributed by atoms with van der Waals surface area (Å²) < 4.78 is 6.08. The van der Waals surface area contributed by atoms with E-state index in [1.807, 2.05) is 6.92 Å². The third kappa shape index (κ3) is 3.42. The van der Waals surface area contributed by atoms with Crippen molar-refractivity contribution >= 4 is 21.8 Å². The van der Waals surface area contributed by atoms with Crippen LogP contribution in [0, 0.1) is 11.8 Å². The maximum Gasteiger partial charge on any atom is 0.223 e. The maximum atomic E-state index is 11.7.